The van der Waals surface area contributed by atoms with Gasteiger partial charge in [0.2, 0.25) is 11.5 Å². The van der Waals surface area contributed by atoms with Gasteiger partial charge in [0.25, 0.3) is 11.8 Å². The molecule has 30 heteroatoms. The molecule has 90 heavy (non-hydrogen) atoms. The number of nitrogen functional groups attached to an aromatic ring is 1. The normalized spacial score (nSPS) is 17.9. The van der Waals surface area contributed by atoms with Gasteiger partial charge in [-0.05, 0) is 83.6 Å². The lowest BCUT2D eigenvalue weighted by Crippen LogP contribution is -2.53. The van der Waals surface area contributed by atoms with Gasteiger partial charge in [-0.2, -0.15) is 14.3 Å². The number of hydrogen-bond donors (Lipinski definition) is 2. The molecule has 2 amide bonds. The number of amides is 2. The number of methoxy groups -OCH3 is 2. The number of aromatic nitrogens is 6. The Morgan fingerprint density at radius 3 is 1.52 bits per heavy atom. The molecule has 5 aliphatic heterocycles. The summed E-state index contributed by atoms with van der Waals surface area (Å²) in [6, 6.07) is 6.59. The first-order chi connectivity index (χ1) is 42.7. The number of ether oxygens (including phenoxy) is 6. The van der Waals surface area contributed by atoms with Crippen molar-refractivity contribution in [3.63, 3.8) is 0 Å². The second kappa shape index (κ2) is 37.3. The van der Waals surface area contributed by atoms with Crippen LogP contribution in [0.25, 0.3) is 0 Å². The molecule has 0 aromatic carbocycles. The van der Waals surface area contributed by atoms with Gasteiger partial charge in [-0.3, -0.25) is 18.9 Å². The highest BCUT2D eigenvalue weighted by Gasteiger charge is 2.37. The van der Waals surface area contributed by atoms with Crippen molar-refractivity contribution < 1.29 is 55.6 Å². The maximum atomic E-state index is 12.1. The summed E-state index contributed by atoms with van der Waals surface area (Å²) >= 11 is 6.95. The molecule has 504 valence electrons. The maximum Gasteiger partial charge on any atom is 0.410 e. The fraction of sp³-hybridized carbons (Fsp3) is 0.667. The minimum absolute atomic E-state index is 0.0528. The number of piperidine rings is 2. The highest BCUT2D eigenvalue weighted by Crippen LogP contribution is 2.50. The number of carbonyl (C=O) groups is 2. The molecule has 5 fully saturated rings. The number of aryl methyl sites for hydroxylation is 2. The van der Waals surface area contributed by atoms with Crippen LogP contribution >= 0.6 is 32.0 Å². The predicted octanol–water partition coefficient (Wildman–Crippen LogP) is 10.2. The molecule has 4 aromatic heterocycles. The van der Waals surface area contributed by atoms with Gasteiger partial charge in [-0.1, -0.05) is 53.1 Å². The van der Waals surface area contributed by atoms with E-state index in [9.17, 15) is 18.0 Å². The summed E-state index contributed by atoms with van der Waals surface area (Å²) in [6.45, 7) is 38.6. The van der Waals surface area contributed by atoms with Crippen LogP contribution in [-0.2, 0) is 28.5 Å². The Bertz CT molecular complexity index is 2910. The lowest BCUT2D eigenvalue weighted by molar-refractivity contribution is -0.160. The molecule has 9 heterocycles. The molecule has 4 aromatic rings. The molecule has 0 atom stereocenters. The monoisotopic (exact) mass is 1340 g/mol. The Morgan fingerprint density at radius 1 is 0.644 bits per heavy atom. The largest absolute Gasteiger partial charge is 0.489 e. The van der Waals surface area contributed by atoms with E-state index in [1.807, 2.05) is 40.7 Å². The quantitative estimate of drug-likeness (QED) is 0.0273. The summed E-state index contributed by atoms with van der Waals surface area (Å²) < 4.78 is 68.4. The fourth-order valence-corrected chi connectivity index (χ4v) is 14.4. The summed E-state index contributed by atoms with van der Waals surface area (Å²) in [5.74, 6) is 4.07. The lowest BCUT2D eigenvalue weighted by Gasteiger charge is -2.51. The van der Waals surface area contributed by atoms with Crippen molar-refractivity contribution in [2.75, 3.05) is 124 Å². The van der Waals surface area contributed by atoms with Crippen LogP contribution in [-0.4, -0.2) is 216 Å². The van der Waals surface area contributed by atoms with Crippen molar-refractivity contribution >= 4 is 71.2 Å². The molecule has 2 bridgehead atoms. The summed E-state index contributed by atoms with van der Waals surface area (Å²) in [5.41, 5.74) is 8.00. The van der Waals surface area contributed by atoms with Crippen LogP contribution in [0.2, 0.25) is 5.15 Å². The zero-order valence-electron chi connectivity index (χ0n) is 55.5. The highest BCUT2D eigenvalue weighted by atomic mass is 35.5. The standard InChI is InChI=1S/C21H29N5O6S.C18H39N4P.C14H20ClN3O4.C7H10N2O2S/c1-13(2)30-21(27)26-10-8-15(9-11-26)31-20-18(28-4)19(22-12-23-20)25-16-6-7-17(24-14(16)3)33-32-29-5;1-16(2)13-20-10-7-19-8-11-21(14-17(3)4)23(20)22(12-9-19)15-18(5)6;1-9(2)21-14(19)18-6-4-10(5-7-18)22-13-11(20-3)12(15)16-8-17-13;1-5-6(8)3-4-7(9-5)12(2,10)11/h6-7,12-13,15H,8-11H2,1-5H3,(H,22,23,25);16-18H,7-15H2,1-6H3;8-10H,4-7H2,1-3H3;3-4H,8H2,1-2H3. The van der Waals surface area contributed by atoms with E-state index in [-0.39, 0.29) is 55.2 Å². The molecular weight excluding hydrogens is 1240 g/mol. The third-order valence-electron chi connectivity index (χ3n) is 14.0. The van der Waals surface area contributed by atoms with Gasteiger partial charge in [-0.25, -0.2) is 42.8 Å². The van der Waals surface area contributed by atoms with Crippen LogP contribution in [0.1, 0.15) is 106 Å². The zero-order valence-corrected chi connectivity index (χ0v) is 58.8. The van der Waals surface area contributed by atoms with E-state index in [0.29, 0.717) is 97.3 Å². The Hall–Kier alpha value is -5.42. The minimum Gasteiger partial charge on any atom is -0.489 e. The van der Waals surface area contributed by atoms with Crippen molar-refractivity contribution in [3.8, 4) is 23.3 Å². The van der Waals surface area contributed by atoms with Crippen LogP contribution in [0.15, 0.2) is 47.0 Å². The number of fused-ring (bicyclic) bond motifs is 6. The number of pyridine rings is 2. The van der Waals surface area contributed by atoms with Crippen molar-refractivity contribution in [3.05, 3.63) is 53.5 Å². The van der Waals surface area contributed by atoms with Crippen LogP contribution in [0, 0.1) is 31.6 Å². The number of rotatable bonds is 20. The number of sulfone groups is 1. The van der Waals surface area contributed by atoms with Gasteiger partial charge in [0.1, 0.15) is 38.3 Å². The van der Waals surface area contributed by atoms with Crippen LogP contribution in [0.4, 0.5) is 26.8 Å². The first kappa shape index (κ1) is 75.3. The SMILES string of the molecule is CC(C)CN1CCN2CCN(CC(C)C)P1N(CC(C)C)CC2.COOSc1ccc(Nc2ncnc(OC3CCN(C(=O)OC(C)C)CC3)c2OC)c(C)n1.COc1c(Cl)ncnc1OC1CCN(C(=O)OC(C)C)CC1.Cc1nc(S(C)(=O)=O)ccc1N. The molecule has 0 saturated carbocycles. The number of nitrogens with one attached hydrogen (secondary N) is 1. The van der Waals surface area contributed by atoms with Crippen LogP contribution < -0.4 is 30.0 Å². The number of nitrogens with zero attached hydrogens (tertiary/aromatic N) is 12. The second-order valence-electron chi connectivity index (χ2n) is 23.9. The van der Waals surface area contributed by atoms with E-state index < -0.39 is 9.84 Å². The smallest absolute Gasteiger partial charge is 0.410 e. The summed E-state index contributed by atoms with van der Waals surface area (Å²) in [6.07, 6.45) is 5.57. The average molecular weight is 1340 g/mol. The molecule has 0 unspecified atom stereocenters. The molecule has 0 spiro atoms. The first-order valence-corrected chi connectivity index (χ1v) is 34.9. The summed E-state index contributed by atoms with van der Waals surface area (Å²) in [7, 11) is 0.955. The molecular formula is C60H98ClN14O12PS2. The van der Waals surface area contributed by atoms with Crippen molar-refractivity contribution in [2.24, 2.45) is 17.8 Å². The zero-order chi connectivity index (χ0) is 66.2. The number of halogens is 1. The number of carbonyl (C=O) groups excluding carboxylic acids is 2. The lowest BCUT2D eigenvalue weighted by atomic mass is 10.1. The van der Waals surface area contributed by atoms with E-state index in [0.717, 1.165) is 47.4 Å². The van der Waals surface area contributed by atoms with Crippen molar-refractivity contribution in [1.29, 1.82) is 0 Å². The highest BCUT2D eigenvalue weighted by molar-refractivity contribution is 7.94. The van der Waals surface area contributed by atoms with Crippen LogP contribution in [0.3, 0.4) is 0 Å². The van der Waals surface area contributed by atoms with Crippen LogP contribution in [0.5, 0.6) is 23.3 Å². The Labute approximate surface area is 544 Å². The molecule has 0 radical (unpaired) electrons. The molecule has 9 rings (SSSR count). The van der Waals surface area contributed by atoms with E-state index in [2.05, 4.69) is 101 Å². The van der Waals surface area contributed by atoms with E-state index >= 15 is 0 Å². The molecule has 26 nitrogen and oxygen atoms in total. The molecule has 0 aliphatic carbocycles. The third-order valence-corrected chi connectivity index (χ3v) is 18.5. The number of hydrogen-bond acceptors (Lipinski definition) is 25. The maximum absolute atomic E-state index is 12.1. The average Bonchev–Trinajstić information content (AvgIpc) is 0.995. The van der Waals surface area contributed by atoms with E-state index in [4.69, 9.17) is 50.1 Å². The molecule has 5 aliphatic rings. The minimum atomic E-state index is -3.21. The molecule has 5 saturated heterocycles. The number of nitrogens with two attached hydrogens (primary N) is 1. The van der Waals surface area contributed by atoms with Gasteiger partial charge in [0.15, 0.2) is 25.8 Å². The Kier molecular flexibility index (Phi) is 31.2. The fourth-order valence-electron chi connectivity index (χ4n) is 9.82. The number of likely N-dealkylation sites (tertiary alicyclic amines) is 2. The summed E-state index contributed by atoms with van der Waals surface area (Å²) in [5, 5.41) is 4.16. The first-order valence-electron chi connectivity index (χ1n) is 30.7. The Morgan fingerprint density at radius 2 is 1.11 bits per heavy atom. The third kappa shape index (κ3) is 24.6. The Balaban J connectivity index is 0.000000229. The second-order valence-corrected chi connectivity index (χ2v) is 29.2. The van der Waals surface area contributed by atoms with E-state index in [1.165, 1.54) is 99.0 Å². The summed E-state index contributed by atoms with van der Waals surface area (Å²) in [4.78, 5) is 59.3. The van der Waals surface area contributed by atoms with Gasteiger partial charge < -0.3 is 49.3 Å². The van der Waals surface area contributed by atoms with Crippen molar-refractivity contribution in [2.45, 2.75) is 143 Å². The van der Waals surface area contributed by atoms with Gasteiger partial charge in [-0.15, -0.1) is 0 Å². The topological polar surface area (TPSA) is 277 Å². The molecule has 3 N–H and O–H groups in total. The van der Waals surface area contributed by atoms with Crippen molar-refractivity contribution in [1.82, 2.24) is 58.6 Å². The van der Waals surface area contributed by atoms with Gasteiger partial charge in [0, 0.05) is 117 Å². The van der Waals surface area contributed by atoms with Gasteiger partial charge >= 0.3 is 12.2 Å². The number of anilines is 3. The van der Waals surface area contributed by atoms with E-state index in [1.54, 1.807) is 28.9 Å². The van der Waals surface area contributed by atoms with Gasteiger partial charge in [0.05, 0.1) is 68.3 Å². The predicted molar refractivity (Wildman–Crippen MR) is 351 cm³/mol.